The third-order valence-corrected chi connectivity index (χ3v) is 6.77. The van der Waals surface area contributed by atoms with Crippen molar-refractivity contribution in [2.45, 2.75) is 17.7 Å². The van der Waals surface area contributed by atoms with Crippen LogP contribution in [0.15, 0.2) is 41.3 Å². The highest BCUT2D eigenvalue weighted by atomic mass is 35.5. The third-order valence-electron chi connectivity index (χ3n) is 5.33. The van der Waals surface area contributed by atoms with Gasteiger partial charge >= 0.3 is 0 Å². The number of ether oxygens (including phenoxy) is 2. The Morgan fingerprint density at radius 3 is 2.53 bits per heavy atom. The fourth-order valence-corrected chi connectivity index (χ4v) is 4.34. The second-order valence-electron chi connectivity index (χ2n) is 7.58. The highest BCUT2D eigenvalue weighted by Gasteiger charge is 2.34. The molecule has 0 radical (unpaired) electrons. The average Bonchev–Trinajstić information content (AvgIpc) is 3.13. The Labute approximate surface area is 192 Å². The van der Waals surface area contributed by atoms with E-state index in [0.717, 1.165) is 11.8 Å². The average molecular weight is 481 g/mol. The van der Waals surface area contributed by atoms with Crippen molar-refractivity contribution in [3.63, 3.8) is 0 Å². The molecule has 1 atom stereocenters. The molecule has 32 heavy (non-hydrogen) atoms. The second-order valence-corrected chi connectivity index (χ2v) is 10.0. The topological polar surface area (TPSA) is 102 Å². The summed E-state index contributed by atoms with van der Waals surface area (Å²) < 4.78 is 34.1. The maximum absolute atomic E-state index is 12.7. The monoisotopic (exact) mass is 480 g/mol. The van der Waals surface area contributed by atoms with Gasteiger partial charge in [0.25, 0.3) is 0 Å². The zero-order valence-electron chi connectivity index (χ0n) is 18.1. The Morgan fingerprint density at radius 2 is 1.88 bits per heavy atom. The van der Waals surface area contributed by atoms with Crippen molar-refractivity contribution in [2.75, 3.05) is 38.9 Å². The van der Waals surface area contributed by atoms with Crippen LogP contribution < -0.4 is 14.8 Å². The first-order valence-corrected chi connectivity index (χ1v) is 12.2. The third kappa shape index (κ3) is 5.52. The van der Waals surface area contributed by atoms with Gasteiger partial charge in [0, 0.05) is 25.8 Å². The molecule has 2 amide bonds. The molecule has 1 fully saturated rings. The Bertz CT molecular complexity index is 1140. The zero-order valence-corrected chi connectivity index (χ0v) is 19.6. The van der Waals surface area contributed by atoms with Crippen molar-refractivity contribution in [2.24, 2.45) is 5.92 Å². The predicted molar refractivity (Wildman–Crippen MR) is 121 cm³/mol. The summed E-state index contributed by atoms with van der Waals surface area (Å²) in [6, 6.07) is 9.69. The van der Waals surface area contributed by atoms with E-state index >= 15 is 0 Å². The molecule has 0 aromatic heterocycles. The zero-order chi connectivity index (χ0) is 23.5. The van der Waals surface area contributed by atoms with Gasteiger partial charge in [-0.3, -0.25) is 9.59 Å². The van der Waals surface area contributed by atoms with E-state index in [1.54, 1.807) is 19.1 Å². The van der Waals surface area contributed by atoms with Crippen LogP contribution in [0, 0.1) is 5.92 Å². The molecule has 2 aromatic carbocycles. The number of anilines is 1. The summed E-state index contributed by atoms with van der Waals surface area (Å²) in [5.41, 5.74) is 1.18. The second kappa shape index (κ2) is 9.79. The fraction of sp³-hybridized carbons (Fsp3) is 0.364. The van der Waals surface area contributed by atoms with E-state index in [1.165, 1.54) is 18.2 Å². The number of hydrogen-bond donors (Lipinski definition) is 1. The lowest BCUT2D eigenvalue weighted by molar-refractivity contribution is -0.128. The Hall–Kier alpha value is -2.78. The van der Waals surface area contributed by atoms with E-state index in [1.807, 2.05) is 18.2 Å². The molecule has 8 nitrogen and oxygen atoms in total. The molecular weight excluding hydrogens is 456 g/mol. The molecular formula is C22H25ClN2O6S. The first-order valence-electron chi connectivity index (χ1n) is 9.91. The van der Waals surface area contributed by atoms with Gasteiger partial charge in [0.05, 0.1) is 35.7 Å². The van der Waals surface area contributed by atoms with Crippen LogP contribution in [0.3, 0.4) is 0 Å². The van der Waals surface area contributed by atoms with Gasteiger partial charge in [-0.05, 0) is 42.3 Å². The van der Waals surface area contributed by atoms with Crippen LogP contribution in [0.2, 0.25) is 5.02 Å². The number of carbonyl (C=O) groups is 2. The molecule has 1 saturated heterocycles. The molecule has 3 rings (SSSR count). The molecule has 2 aromatic rings. The molecule has 1 heterocycles. The number of halogens is 1. The summed E-state index contributed by atoms with van der Waals surface area (Å²) in [5, 5.41) is 2.89. The van der Waals surface area contributed by atoms with E-state index in [-0.39, 0.29) is 40.4 Å². The van der Waals surface area contributed by atoms with Crippen molar-refractivity contribution in [1.29, 1.82) is 0 Å². The van der Waals surface area contributed by atoms with Crippen LogP contribution in [0.25, 0.3) is 0 Å². The number of hydrogen-bond acceptors (Lipinski definition) is 6. The number of nitrogens with zero attached hydrogens (tertiary/aromatic N) is 1. The minimum absolute atomic E-state index is 0.0521. The molecule has 1 aliphatic heterocycles. The molecule has 0 aliphatic carbocycles. The smallest absolute Gasteiger partial charge is 0.229 e. The van der Waals surface area contributed by atoms with Crippen LogP contribution >= 0.6 is 11.6 Å². The van der Waals surface area contributed by atoms with Crippen LogP contribution in [-0.2, 0) is 25.8 Å². The number of methoxy groups -OCH3 is 2. The van der Waals surface area contributed by atoms with E-state index in [0.29, 0.717) is 24.5 Å². The fourth-order valence-electron chi connectivity index (χ4n) is 3.53. The maximum atomic E-state index is 12.7. The summed E-state index contributed by atoms with van der Waals surface area (Å²) in [6.07, 6.45) is 1.76. The lowest BCUT2D eigenvalue weighted by Gasteiger charge is -2.17. The van der Waals surface area contributed by atoms with Crippen LogP contribution in [0.4, 0.5) is 5.69 Å². The predicted octanol–water partition coefficient (Wildman–Crippen LogP) is 2.79. The Kier molecular flexibility index (Phi) is 7.30. The Morgan fingerprint density at radius 1 is 1.16 bits per heavy atom. The van der Waals surface area contributed by atoms with Gasteiger partial charge in [0.1, 0.15) is 0 Å². The number of nitrogens with one attached hydrogen (secondary N) is 1. The van der Waals surface area contributed by atoms with E-state index in [2.05, 4.69) is 5.32 Å². The maximum Gasteiger partial charge on any atom is 0.229 e. The van der Waals surface area contributed by atoms with Crippen LogP contribution in [-0.4, -0.2) is 58.7 Å². The standard InChI is InChI=1S/C22H25ClN2O6S/c1-30-19-7-4-14(10-20(19)31-2)8-9-25-13-15(11-21(25)26)22(27)24-18-12-16(32(3,28)29)5-6-17(18)23/h4-7,10,12,15H,8-9,11,13H2,1-3H3,(H,24,27). The number of amides is 2. The van der Waals surface area contributed by atoms with Crippen molar-refractivity contribution >= 4 is 38.9 Å². The van der Waals surface area contributed by atoms with Crippen molar-refractivity contribution < 1.29 is 27.5 Å². The van der Waals surface area contributed by atoms with Gasteiger partial charge in [0.2, 0.25) is 11.8 Å². The summed E-state index contributed by atoms with van der Waals surface area (Å²) in [4.78, 5) is 26.9. The summed E-state index contributed by atoms with van der Waals surface area (Å²) in [6.45, 7) is 0.740. The number of rotatable bonds is 8. The first-order chi connectivity index (χ1) is 15.1. The van der Waals surface area contributed by atoms with Crippen molar-refractivity contribution in [3.05, 3.63) is 47.0 Å². The normalized spacial score (nSPS) is 16.2. The lowest BCUT2D eigenvalue weighted by atomic mass is 10.1. The Balaban J connectivity index is 1.63. The first kappa shape index (κ1) is 23.9. The number of likely N-dealkylation sites (tertiary alicyclic amines) is 1. The minimum atomic E-state index is -3.45. The van der Waals surface area contributed by atoms with Gasteiger partial charge in [0.15, 0.2) is 21.3 Å². The van der Waals surface area contributed by atoms with Gasteiger partial charge in [-0.1, -0.05) is 17.7 Å². The molecule has 1 unspecified atom stereocenters. The summed E-state index contributed by atoms with van der Waals surface area (Å²) in [7, 11) is -0.319. The van der Waals surface area contributed by atoms with Gasteiger partial charge in [-0.2, -0.15) is 0 Å². The number of benzene rings is 2. The van der Waals surface area contributed by atoms with Gasteiger partial charge in [-0.25, -0.2) is 8.42 Å². The number of sulfone groups is 1. The molecule has 1 N–H and O–H groups in total. The largest absolute Gasteiger partial charge is 0.493 e. The highest BCUT2D eigenvalue weighted by molar-refractivity contribution is 7.90. The van der Waals surface area contributed by atoms with Gasteiger partial charge in [-0.15, -0.1) is 0 Å². The molecule has 0 bridgehead atoms. The highest BCUT2D eigenvalue weighted by Crippen LogP contribution is 2.29. The lowest BCUT2D eigenvalue weighted by Crippen LogP contribution is -2.30. The minimum Gasteiger partial charge on any atom is -0.493 e. The number of carbonyl (C=O) groups excluding carboxylic acids is 2. The quantitative estimate of drug-likeness (QED) is 0.623. The van der Waals surface area contributed by atoms with E-state index < -0.39 is 15.8 Å². The molecule has 1 aliphatic rings. The van der Waals surface area contributed by atoms with Crippen LogP contribution in [0.5, 0.6) is 11.5 Å². The van der Waals surface area contributed by atoms with E-state index in [4.69, 9.17) is 21.1 Å². The van der Waals surface area contributed by atoms with Crippen LogP contribution in [0.1, 0.15) is 12.0 Å². The van der Waals surface area contributed by atoms with Crippen molar-refractivity contribution in [3.8, 4) is 11.5 Å². The summed E-state index contributed by atoms with van der Waals surface area (Å²) >= 11 is 6.11. The SMILES string of the molecule is COc1ccc(CCN2CC(C(=O)Nc3cc(S(C)(=O)=O)ccc3Cl)CC2=O)cc1OC. The molecule has 0 saturated carbocycles. The summed E-state index contributed by atoms with van der Waals surface area (Å²) in [5.74, 6) is 0.207. The van der Waals surface area contributed by atoms with E-state index in [9.17, 15) is 18.0 Å². The van der Waals surface area contributed by atoms with Gasteiger partial charge < -0.3 is 19.7 Å². The molecule has 0 spiro atoms. The molecule has 172 valence electrons. The molecule has 10 heteroatoms. The van der Waals surface area contributed by atoms with Crippen molar-refractivity contribution in [1.82, 2.24) is 4.90 Å².